The van der Waals surface area contributed by atoms with Gasteiger partial charge in [-0.1, -0.05) is 17.7 Å². The Balaban J connectivity index is 1.86. The maximum absolute atomic E-state index is 9.02. The van der Waals surface area contributed by atoms with Gasteiger partial charge in [0.05, 0.1) is 5.56 Å². The molecule has 1 saturated heterocycles. The lowest BCUT2D eigenvalue weighted by Crippen LogP contribution is -2.37. The molecule has 4 heteroatoms. The van der Waals surface area contributed by atoms with E-state index in [0.29, 0.717) is 10.7 Å². The SMILES string of the molecule is N#Cc1cc(C2=CC[C@@H]3CCNC[C@@H]3C2)cnc1Cl. The van der Waals surface area contributed by atoms with Crippen LogP contribution in [0, 0.1) is 23.2 Å². The Bertz CT molecular complexity index is 559. The number of piperidine rings is 1. The van der Waals surface area contributed by atoms with Gasteiger partial charge in [-0.15, -0.1) is 0 Å². The zero-order valence-corrected chi connectivity index (χ0v) is 11.5. The lowest BCUT2D eigenvalue weighted by atomic mass is 9.75. The first kappa shape index (κ1) is 12.7. The molecule has 0 radical (unpaired) electrons. The third kappa shape index (κ3) is 2.51. The number of halogens is 1. The van der Waals surface area contributed by atoms with Crippen molar-refractivity contribution in [1.82, 2.24) is 10.3 Å². The van der Waals surface area contributed by atoms with Gasteiger partial charge in [-0.2, -0.15) is 5.26 Å². The Kier molecular flexibility index (Phi) is 3.54. The van der Waals surface area contributed by atoms with Crippen molar-refractivity contribution in [2.45, 2.75) is 19.3 Å². The molecule has 0 saturated carbocycles. The highest BCUT2D eigenvalue weighted by molar-refractivity contribution is 6.30. The molecule has 2 heterocycles. The van der Waals surface area contributed by atoms with Crippen LogP contribution in [-0.2, 0) is 0 Å². The van der Waals surface area contributed by atoms with Gasteiger partial charge in [0.2, 0.25) is 0 Å². The largest absolute Gasteiger partial charge is 0.316 e. The van der Waals surface area contributed by atoms with Gasteiger partial charge < -0.3 is 5.32 Å². The number of hydrogen-bond acceptors (Lipinski definition) is 3. The van der Waals surface area contributed by atoms with Gasteiger partial charge in [-0.3, -0.25) is 0 Å². The van der Waals surface area contributed by atoms with E-state index in [1.165, 1.54) is 12.0 Å². The molecule has 2 atom stereocenters. The van der Waals surface area contributed by atoms with Crippen molar-refractivity contribution in [1.29, 1.82) is 5.26 Å². The summed E-state index contributed by atoms with van der Waals surface area (Å²) in [5.74, 6) is 1.54. The summed E-state index contributed by atoms with van der Waals surface area (Å²) in [6.07, 6.45) is 7.60. The van der Waals surface area contributed by atoms with Crippen LogP contribution in [0.4, 0.5) is 0 Å². The Labute approximate surface area is 118 Å². The molecule has 0 amide bonds. The van der Waals surface area contributed by atoms with Crippen molar-refractivity contribution in [2.24, 2.45) is 11.8 Å². The number of allylic oxidation sites excluding steroid dienone is 2. The summed E-state index contributed by atoms with van der Waals surface area (Å²) in [6.45, 7) is 2.25. The first-order valence-corrected chi connectivity index (χ1v) is 7.11. The highest BCUT2D eigenvalue weighted by Crippen LogP contribution is 2.37. The molecule has 3 rings (SSSR count). The van der Waals surface area contributed by atoms with E-state index >= 15 is 0 Å². The summed E-state index contributed by atoms with van der Waals surface area (Å²) in [4.78, 5) is 4.12. The summed E-state index contributed by atoms with van der Waals surface area (Å²) in [5, 5.41) is 12.8. The van der Waals surface area contributed by atoms with Crippen molar-refractivity contribution < 1.29 is 0 Å². The fraction of sp³-hybridized carbons (Fsp3) is 0.467. The topological polar surface area (TPSA) is 48.7 Å². The summed E-state index contributed by atoms with van der Waals surface area (Å²) in [7, 11) is 0. The Morgan fingerprint density at radius 2 is 2.32 bits per heavy atom. The van der Waals surface area contributed by atoms with Crippen LogP contribution in [0.2, 0.25) is 5.15 Å². The maximum atomic E-state index is 9.02. The zero-order valence-electron chi connectivity index (χ0n) is 10.7. The van der Waals surface area contributed by atoms with Gasteiger partial charge in [-0.05, 0) is 61.4 Å². The molecular formula is C15H16ClN3. The van der Waals surface area contributed by atoms with Gasteiger partial charge in [0.25, 0.3) is 0 Å². The van der Waals surface area contributed by atoms with Crippen LogP contribution in [0.3, 0.4) is 0 Å². The van der Waals surface area contributed by atoms with Crippen LogP contribution in [0.5, 0.6) is 0 Å². The second-order valence-corrected chi connectivity index (χ2v) is 5.71. The molecule has 1 fully saturated rings. The standard InChI is InChI=1S/C15H16ClN3/c16-15-12(7-17)6-14(9-19-15)11-2-1-10-3-4-18-8-13(10)5-11/h2,6,9-10,13,18H,1,3-5,8H2/t10-,13+/m1/s1. The van der Waals surface area contributed by atoms with E-state index in [2.05, 4.69) is 22.4 Å². The zero-order chi connectivity index (χ0) is 13.2. The van der Waals surface area contributed by atoms with E-state index in [1.807, 2.05) is 6.07 Å². The lowest BCUT2D eigenvalue weighted by Gasteiger charge is -2.35. The molecule has 0 unspecified atom stereocenters. The molecule has 1 N–H and O–H groups in total. The van der Waals surface area contributed by atoms with Crippen LogP contribution in [0.25, 0.3) is 5.57 Å². The average molecular weight is 274 g/mol. The van der Waals surface area contributed by atoms with Gasteiger partial charge in [0.1, 0.15) is 11.2 Å². The number of pyridine rings is 1. The van der Waals surface area contributed by atoms with Gasteiger partial charge >= 0.3 is 0 Å². The summed E-state index contributed by atoms with van der Waals surface area (Å²) < 4.78 is 0. The van der Waals surface area contributed by atoms with Gasteiger partial charge in [0, 0.05) is 6.20 Å². The van der Waals surface area contributed by atoms with E-state index in [-0.39, 0.29) is 0 Å². The molecule has 2 aliphatic rings. The predicted molar refractivity (Wildman–Crippen MR) is 75.6 cm³/mol. The first-order valence-electron chi connectivity index (χ1n) is 6.73. The van der Waals surface area contributed by atoms with Crippen LogP contribution in [-0.4, -0.2) is 18.1 Å². The van der Waals surface area contributed by atoms with Crippen LogP contribution < -0.4 is 5.32 Å². The number of fused-ring (bicyclic) bond motifs is 1. The number of nitrogens with zero attached hydrogens (tertiary/aromatic N) is 2. The second kappa shape index (κ2) is 5.32. The Morgan fingerprint density at radius 1 is 1.42 bits per heavy atom. The van der Waals surface area contributed by atoms with Crippen LogP contribution >= 0.6 is 11.6 Å². The summed E-state index contributed by atoms with van der Waals surface area (Å²) >= 11 is 5.88. The molecule has 0 aromatic carbocycles. The highest BCUT2D eigenvalue weighted by Gasteiger charge is 2.28. The van der Waals surface area contributed by atoms with E-state index in [9.17, 15) is 0 Å². The normalized spacial score (nSPS) is 26.2. The van der Waals surface area contributed by atoms with Crippen molar-refractivity contribution in [3.8, 4) is 6.07 Å². The first-order chi connectivity index (χ1) is 9.28. The fourth-order valence-corrected chi connectivity index (χ4v) is 3.27. The fourth-order valence-electron chi connectivity index (χ4n) is 3.12. The number of nitrogens with one attached hydrogen (secondary N) is 1. The van der Waals surface area contributed by atoms with Crippen molar-refractivity contribution in [3.05, 3.63) is 34.6 Å². The van der Waals surface area contributed by atoms with Crippen LogP contribution in [0.1, 0.15) is 30.4 Å². The molecule has 98 valence electrons. The number of rotatable bonds is 1. The number of hydrogen-bond donors (Lipinski definition) is 1. The van der Waals surface area contributed by atoms with E-state index in [0.717, 1.165) is 43.3 Å². The number of aromatic nitrogens is 1. The molecule has 19 heavy (non-hydrogen) atoms. The molecule has 1 aliphatic carbocycles. The maximum Gasteiger partial charge on any atom is 0.146 e. The monoisotopic (exact) mass is 273 g/mol. The van der Waals surface area contributed by atoms with Gasteiger partial charge in [0.15, 0.2) is 0 Å². The molecule has 1 aliphatic heterocycles. The third-order valence-corrected chi connectivity index (χ3v) is 4.55. The molecular weight excluding hydrogens is 258 g/mol. The quantitative estimate of drug-likeness (QED) is 0.800. The van der Waals surface area contributed by atoms with Crippen molar-refractivity contribution in [2.75, 3.05) is 13.1 Å². The molecule has 1 aromatic rings. The van der Waals surface area contributed by atoms with Crippen LogP contribution in [0.15, 0.2) is 18.3 Å². The third-order valence-electron chi connectivity index (χ3n) is 4.24. The van der Waals surface area contributed by atoms with E-state index in [4.69, 9.17) is 16.9 Å². The average Bonchev–Trinajstić information content (AvgIpc) is 2.47. The second-order valence-electron chi connectivity index (χ2n) is 5.36. The highest BCUT2D eigenvalue weighted by atomic mass is 35.5. The van der Waals surface area contributed by atoms with Crippen molar-refractivity contribution in [3.63, 3.8) is 0 Å². The summed E-state index contributed by atoms with van der Waals surface area (Å²) in [5.41, 5.74) is 2.82. The molecule has 3 nitrogen and oxygen atoms in total. The minimum atomic E-state index is 0.292. The number of nitriles is 1. The lowest BCUT2D eigenvalue weighted by molar-refractivity contribution is 0.252. The van der Waals surface area contributed by atoms with E-state index in [1.54, 1.807) is 6.20 Å². The minimum absolute atomic E-state index is 0.292. The molecule has 1 aromatic heterocycles. The van der Waals surface area contributed by atoms with Gasteiger partial charge in [-0.25, -0.2) is 4.98 Å². The smallest absolute Gasteiger partial charge is 0.146 e. The Morgan fingerprint density at radius 3 is 3.16 bits per heavy atom. The summed E-state index contributed by atoms with van der Waals surface area (Å²) in [6, 6.07) is 3.96. The minimum Gasteiger partial charge on any atom is -0.316 e. The van der Waals surface area contributed by atoms with Crippen molar-refractivity contribution >= 4 is 17.2 Å². The predicted octanol–water partition coefficient (Wildman–Crippen LogP) is 3.01. The molecule has 0 bridgehead atoms. The van der Waals surface area contributed by atoms with E-state index < -0.39 is 0 Å². The molecule has 0 spiro atoms. The Hall–Kier alpha value is -1.37.